The molecular weight excluding hydrogens is 442 g/mol. The minimum Gasteiger partial charge on any atom is -0.339 e. The highest BCUT2D eigenvalue weighted by Crippen LogP contribution is 2.24. The normalized spacial score (nSPS) is 13.9. The molecule has 1 aromatic carbocycles. The van der Waals surface area contributed by atoms with Crippen molar-refractivity contribution in [3.63, 3.8) is 0 Å². The van der Waals surface area contributed by atoms with Gasteiger partial charge in [-0.05, 0) is 18.1 Å². The number of aryl methyl sites for hydroxylation is 1. The van der Waals surface area contributed by atoms with Gasteiger partial charge in [0.25, 0.3) is 0 Å². The zero-order valence-corrected chi connectivity index (χ0v) is 19.6. The average Bonchev–Trinajstić information content (AvgIpc) is 3.30. The number of carbonyl (C=O) groups excluding carboxylic acids is 2. The summed E-state index contributed by atoms with van der Waals surface area (Å²) in [5, 5.41) is 1.91. The van der Waals surface area contributed by atoms with Crippen LogP contribution in [0, 0.1) is 0 Å². The van der Waals surface area contributed by atoms with E-state index >= 15 is 0 Å². The van der Waals surface area contributed by atoms with Crippen LogP contribution in [0.4, 0.5) is 5.95 Å². The first kappa shape index (κ1) is 22.4. The highest BCUT2D eigenvalue weighted by molar-refractivity contribution is 8.01. The van der Waals surface area contributed by atoms with Crippen molar-refractivity contribution in [3.05, 3.63) is 64.9 Å². The summed E-state index contributed by atoms with van der Waals surface area (Å²) >= 11 is 2.91. The number of hydrogen-bond donors (Lipinski definition) is 0. The molecule has 1 saturated heterocycles. The number of thioether (sulfide) groups is 1. The Morgan fingerprint density at radius 3 is 2.47 bits per heavy atom. The smallest absolute Gasteiger partial charge is 0.228 e. The van der Waals surface area contributed by atoms with Crippen molar-refractivity contribution in [1.82, 2.24) is 19.9 Å². The number of hydrogen-bond acceptors (Lipinski definition) is 8. The van der Waals surface area contributed by atoms with Gasteiger partial charge in [-0.15, -0.1) is 11.3 Å². The molecule has 0 unspecified atom stereocenters. The molecule has 1 amide bonds. The van der Waals surface area contributed by atoms with E-state index < -0.39 is 0 Å². The van der Waals surface area contributed by atoms with Crippen LogP contribution in [0.25, 0.3) is 0 Å². The largest absolute Gasteiger partial charge is 0.339 e. The summed E-state index contributed by atoms with van der Waals surface area (Å²) in [6, 6.07) is 9.56. The molecule has 1 aliphatic rings. The summed E-state index contributed by atoms with van der Waals surface area (Å²) in [7, 11) is 0. The third kappa shape index (κ3) is 5.72. The van der Waals surface area contributed by atoms with E-state index in [2.05, 4.69) is 26.8 Å². The quantitative estimate of drug-likeness (QED) is 0.371. The maximum atomic E-state index is 12.7. The van der Waals surface area contributed by atoms with Gasteiger partial charge in [0.2, 0.25) is 11.9 Å². The maximum Gasteiger partial charge on any atom is 0.228 e. The van der Waals surface area contributed by atoms with Crippen LogP contribution in [0.15, 0.2) is 52.4 Å². The van der Waals surface area contributed by atoms with Crippen LogP contribution >= 0.6 is 23.1 Å². The molecule has 7 nitrogen and oxygen atoms in total. The highest BCUT2D eigenvalue weighted by Gasteiger charge is 2.23. The van der Waals surface area contributed by atoms with Gasteiger partial charge in [-0.1, -0.05) is 43.0 Å². The van der Waals surface area contributed by atoms with Gasteiger partial charge in [0.15, 0.2) is 10.1 Å². The van der Waals surface area contributed by atoms with Crippen molar-refractivity contribution in [2.24, 2.45) is 0 Å². The number of benzene rings is 1. The van der Waals surface area contributed by atoms with E-state index in [-0.39, 0.29) is 18.1 Å². The van der Waals surface area contributed by atoms with E-state index in [1.807, 2.05) is 34.5 Å². The van der Waals surface area contributed by atoms with Crippen LogP contribution in [0.5, 0.6) is 0 Å². The summed E-state index contributed by atoms with van der Waals surface area (Å²) < 4.78 is 0.817. The molecular formula is C23H25N5O2S2. The Bertz CT molecular complexity index is 1050. The Kier molecular flexibility index (Phi) is 7.49. The van der Waals surface area contributed by atoms with E-state index in [1.54, 1.807) is 18.5 Å². The minimum atomic E-state index is 0.0765. The highest BCUT2D eigenvalue weighted by atomic mass is 32.2. The zero-order valence-electron chi connectivity index (χ0n) is 17.9. The van der Waals surface area contributed by atoms with Crippen molar-refractivity contribution in [1.29, 1.82) is 0 Å². The predicted octanol–water partition coefficient (Wildman–Crippen LogP) is 3.36. The summed E-state index contributed by atoms with van der Waals surface area (Å²) in [5.41, 5.74) is 2.70. The first-order chi connectivity index (χ1) is 15.6. The zero-order chi connectivity index (χ0) is 22.3. The molecule has 3 heterocycles. The molecule has 0 bridgehead atoms. The molecule has 1 aliphatic heterocycles. The van der Waals surface area contributed by atoms with E-state index in [1.165, 1.54) is 28.7 Å². The lowest BCUT2D eigenvalue weighted by Gasteiger charge is -2.34. The van der Waals surface area contributed by atoms with Gasteiger partial charge in [-0.2, -0.15) is 0 Å². The molecule has 0 N–H and O–H groups in total. The van der Waals surface area contributed by atoms with Crippen LogP contribution in [0.1, 0.15) is 28.5 Å². The molecule has 0 aliphatic carbocycles. The van der Waals surface area contributed by atoms with Crippen LogP contribution < -0.4 is 4.90 Å². The standard InChI is InChI=1S/C23H25N5O2S2/c1-2-17-4-6-18(7-5-17)20(29)16-32-23-26-19(15-31-23)14-21(30)27-10-12-28(13-11-27)22-24-8-3-9-25-22/h3-9,15H,2,10-14,16H2,1H3. The number of rotatable bonds is 8. The lowest BCUT2D eigenvalue weighted by atomic mass is 10.1. The molecule has 0 spiro atoms. The third-order valence-corrected chi connectivity index (χ3v) is 7.41. The van der Waals surface area contributed by atoms with E-state index in [4.69, 9.17) is 0 Å². The molecule has 4 rings (SSSR count). The molecule has 0 atom stereocenters. The van der Waals surface area contributed by atoms with Crippen molar-refractivity contribution in [3.8, 4) is 0 Å². The van der Waals surface area contributed by atoms with Crippen LogP contribution in [0.3, 0.4) is 0 Å². The number of Topliss-reactive ketones (excluding diaryl/α,β-unsaturated/α-hetero) is 1. The second-order valence-corrected chi connectivity index (χ2v) is 9.54. The minimum absolute atomic E-state index is 0.0765. The van der Waals surface area contributed by atoms with Crippen LogP contribution in [0.2, 0.25) is 0 Å². The average molecular weight is 468 g/mol. The second-order valence-electron chi connectivity index (χ2n) is 7.46. The van der Waals surface area contributed by atoms with Gasteiger partial charge in [-0.3, -0.25) is 9.59 Å². The van der Waals surface area contributed by atoms with E-state index in [0.717, 1.165) is 35.1 Å². The molecule has 166 valence electrons. The first-order valence-electron chi connectivity index (χ1n) is 10.6. The summed E-state index contributed by atoms with van der Waals surface area (Å²) in [6.07, 6.45) is 4.70. The van der Waals surface area contributed by atoms with Gasteiger partial charge in [0.05, 0.1) is 17.9 Å². The number of aromatic nitrogens is 3. The molecule has 0 radical (unpaired) electrons. The second kappa shape index (κ2) is 10.7. The molecule has 1 fully saturated rings. The molecule has 2 aromatic heterocycles. The van der Waals surface area contributed by atoms with E-state index in [0.29, 0.717) is 24.8 Å². The SMILES string of the molecule is CCc1ccc(C(=O)CSc2nc(CC(=O)N3CCN(c4ncccn4)CC3)cs2)cc1. The third-order valence-electron chi connectivity index (χ3n) is 5.34. The number of anilines is 1. The Balaban J connectivity index is 1.24. The molecule has 0 saturated carbocycles. The van der Waals surface area contributed by atoms with Crippen molar-refractivity contribution in [2.75, 3.05) is 36.8 Å². The topological polar surface area (TPSA) is 79.3 Å². The number of thiazole rings is 1. The van der Waals surface area contributed by atoms with Gasteiger partial charge in [0, 0.05) is 49.5 Å². The van der Waals surface area contributed by atoms with Gasteiger partial charge < -0.3 is 9.80 Å². The number of amides is 1. The first-order valence-corrected chi connectivity index (χ1v) is 12.5. The van der Waals surface area contributed by atoms with Crippen molar-refractivity contribution < 1.29 is 9.59 Å². The Morgan fingerprint density at radius 1 is 1.06 bits per heavy atom. The van der Waals surface area contributed by atoms with E-state index in [9.17, 15) is 9.59 Å². The molecule has 32 heavy (non-hydrogen) atoms. The van der Waals surface area contributed by atoms with Crippen molar-refractivity contribution in [2.45, 2.75) is 24.1 Å². The Labute approximate surface area is 195 Å². The number of carbonyl (C=O) groups is 2. The van der Waals surface area contributed by atoms with Crippen LogP contribution in [-0.4, -0.2) is 63.5 Å². The lowest BCUT2D eigenvalue weighted by molar-refractivity contribution is -0.130. The molecule has 3 aromatic rings. The van der Waals surface area contributed by atoms with Crippen molar-refractivity contribution >= 4 is 40.7 Å². The fourth-order valence-electron chi connectivity index (χ4n) is 3.45. The van der Waals surface area contributed by atoms with Crippen LogP contribution in [-0.2, 0) is 17.6 Å². The fourth-order valence-corrected chi connectivity index (χ4v) is 5.19. The number of nitrogens with zero attached hydrogens (tertiary/aromatic N) is 5. The number of ketones is 1. The van der Waals surface area contributed by atoms with Gasteiger partial charge in [0.1, 0.15) is 0 Å². The number of piperazine rings is 1. The van der Waals surface area contributed by atoms with Gasteiger partial charge in [-0.25, -0.2) is 15.0 Å². The lowest BCUT2D eigenvalue weighted by Crippen LogP contribution is -2.49. The molecule has 9 heteroatoms. The Hall–Kier alpha value is -2.78. The van der Waals surface area contributed by atoms with Gasteiger partial charge >= 0.3 is 0 Å². The monoisotopic (exact) mass is 467 g/mol. The summed E-state index contributed by atoms with van der Waals surface area (Å²) in [4.78, 5) is 42.2. The summed E-state index contributed by atoms with van der Waals surface area (Å²) in [6.45, 7) is 4.82. The predicted molar refractivity (Wildman–Crippen MR) is 128 cm³/mol. The summed E-state index contributed by atoms with van der Waals surface area (Å²) in [5.74, 6) is 1.21. The Morgan fingerprint density at radius 2 is 1.78 bits per heavy atom. The maximum absolute atomic E-state index is 12.7. The fraction of sp³-hybridized carbons (Fsp3) is 0.348.